The zero-order valence-electron chi connectivity index (χ0n) is 10.1. The zero-order valence-corrected chi connectivity index (χ0v) is 10.9. The second kappa shape index (κ2) is 4.43. The van der Waals surface area contributed by atoms with Crippen molar-refractivity contribution in [2.45, 2.75) is 13.3 Å². The first-order valence-corrected chi connectivity index (χ1v) is 6.55. The SMILES string of the molecule is Cc1nc2scc(Cc3ccccc3[N+](=O)[O-])n2n1. The molecule has 0 aliphatic rings. The van der Waals surface area contributed by atoms with Gasteiger partial charge in [-0.25, -0.2) is 9.50 Å². The van der Waals surface area contributed by atoms with Crippen molar-refractivity contribution in [3.05, 3.63) is 56.8 Å². The number of para-hydroxylation sites is 1. The first kappa shape index (κ1) is 11.8. The normalized spacial score (nSPS) is 11.0. The van der Waals surface area contributed by atoms with Crippen molar-refractivity contribution in [3.8, 4) is 0 Å². The molecular formula is C12H10N4O2S. The number of fused-ring (bicyclic) bond motifs is 1. The van der Waals surface area contributed by atoms with Crippen LogP contribution in [0.2, 0.25) is 0 Å². The number of nitro groups is 1. The summed E-state index contributed by atoms with van der Waals surface area (Å²) in [6, 6.07) is 6.76. The van der Waals surface area contributed by atoms with Gasteiger partial charge in [0.05, 0.1) is 10.6 Å². The molecule has 2 heterocycles. The Labute approximate surface area is 112 Å². The lowest BCUT2D eigenvalue weighted by molar-refractivity contribution is -0.385. The van der Waals surface area contributed by atoms with Crippen LogP contribution in [0.25, 0.3) is 4.96 Å². The number of nitro benzene ring substituents is 1. The van der Waals surface area contributed by atoms with Gasteiger partial charge in [0.1, 0.15) is 5.82 Å². The summed E-state index contributed by atoms with van der Waals surface area (Å²) in [4.78, 5) is 15.7. The van der Waals surface area contributed by atoms with E-state index in [0.29, 0.717) is 17.8 Å². The Hall–Kier alpha value is -2.28. The van der Waals surface area contributed by atoms with E-state index in [9.17, 15) is 10.1 Å². The molecule has 0 fully saturated rings. The molecule has 7 heteroatoms. The summed E-state index contributed by atoms with van der Waals surface area (Å²) in [5, 5.41) is 17.2. The van der Waals surface area contributed by atoms with Crippen LogP contribution in [-0.2, 0) is 6.42 Å². The van der Waals surface area contributed by atoms with Gasteiger partial charge in [-0.3, -0.25) is 10.1 Å². The van der Waals surface area contributed by atoms with Crippen LogP contribution in [0.1, 0.15) is 17.1 Å². The molecule has 6 nitrogen and oxygen atoms in total. The maximum absolute atomic E-state index is 11.0. The molecule has 0 radical (unpaired) electrons. The van der Waals surface area contributed by atoms with Gasteiger partial charge in [0.2, 0.25) is 4.96 Å². The Morgan fingerprint density at radius 3 is 3.00 bits per heavy atom. The largest absolute Gasteiger partial charge is 0.272 e. The van der Waals surface area contributed by atoms with E-state index in [4.69, 9.17) is 0 Å². The molecule has 3 rings (SSSR count). The first-order chi connectivity index (χ1) is 9.15. The third-order valence-electron chi connectivity index (χ3n) is 2.82. The van der Waals surface area contributed by atoms with E-state index in [1.54, 1.807) is 22.7 Å². The Balaban J connectivity index is 2.03. The summed E-state index contributed by atoms with van der Waals surface area (Å²) in [5.74, 6) is 0.704. The molecule has 0 saturated heterocycles. The van der Waals surface area contributed by atoms with E-state index >= 15 is 0 Å². The van der Waals surface area contributed by atoms with Crippen molar-refractivity contribution in [3.63, 3.8) is 0 Å². The van der Waals surface area contributed by atoms with Gasteiger partial charge in [0.25, 0.3) is 5.69 Å². The van der Waals surface area contributed by atoms with Gasteiger partial charge < -0.3 is 0 Å². The fraction of sp³-hybridized carbons (Fsp3) is 0.167. The molecule has 19 heavy (non-hydrogen) atoms. The number of nitrogens with zero attached hydrogens (tertiary/aromatic N) is 4. The molecule has 0 aliphatic carbocycles. The molecule has 0 spiro atoms. The average molecular weight is 274 g/mol. The Morgan fingerprint density at radius 2 is 2.21 bits per heavy atom. The fourth-order valence-electron chi connectivity index (χ4n) is 1.98. The number of aryl methyl sites for hydroxylation is 1. The van der Waals surface area contributed by atoms with Crippen LogP contribution in [0.3, 0.4) is 0 Å². The van der Waals surface area contributed by atoms with E-state index in [2.05, 4.69) is 10.1 Å². The summed E-state index contributed by atoms with van der Waals surface area (Å²) in [6.07, 6.45) is 0.472. The van der Waals surface area contributed by atoms with Crippen molar-refractivity contribution in [1.29, 1.82) is 0 Å². The molecule has 96 valence electrons. The predicted octanol–water partition coefficient (Wildman–Crippen LogP) is 2.60. The lowest BCUT2D eigenvalue weighted by Gasteiger charge is -2.01. The van der Waals surface area contributed by atoms with E-state index in [1.807, 2.05) is 12.3 Å². The summed E-state index contributed by atoms with van der Waals surface area (Å²) < 4.78 is 1.75. The van der Waals surface area contributed by atoms with Gasteiger partial charge in [-0.05, 0) is 6.92 Å². The highest BCUT2D eigenvalue weighted by atomic mass is 32.1. The van der Waals surface area contributed by atoms with Gasteiger partial charge in [-0.2, -0.15) is 5.10 Å². The van der Waals surface area contributed by atoms with E-state index < -0.39 is 0 Å². The molecule has 0 unspecified atom stereocenters. The Kier molecular flexibility index (Phi) is 2.75. The van der Waals surface area contributed by atoms with E-state index in [0.717, 1.165) is 10.7 Å². The summed E-state index contributed by atoms with van der Waals surface area (Å²) in [5.41, 5.74) is 1.73. The van der Waals surface area contributed by atoms with Crippen LogP contribution in [0, 0.1) is 17.0 Å². The molecule has 0 atom stereocenters. The van der Waals surface area contributed by atoms with Crippen LogP contribution in [0.15, 0.2) is 29.6 Å². The van der Waals surface area contributed by atoms with E-state index in [1.165, 1.54) is 17.4 Å². The molecule has 0 bridgehead atoms. The molecular weight excluding hydrogens is 264 g/mol. The average Bonchev–Trinajstić information content (AvgIpc) is 2.91. The Bertz CT molecular complexity index is 762. The monoisotopic (exact) mass is 274 g/mol. The standard InChI is InChI=1S/C12H10N4O2S/c1-8-13-12-15(14-8)10(7-19-12)6-9-4-2-3-5-11(9)16(17)18/h2-5,7H,6H2,1H3. The molecule has 0 aliphatic heterocycles. The summed E-state index contributed by atoms with van der Waals surface area (Å²) in [7, 11) is 0. The molecule has 0 amide bonds. The predicted molar refractivity (Wildman–Crippen MR) is 71.5 cm³/mol. The number of rotatable bonds is 3. The summed E-state index contributed by atoms with van der Waals surface area (Å²) in [6.45, 7) is 1.83. The third kappa shape index (κ3) is 2.08. The number of benzene rings is 1. The molecule has 2 aromatic heterocycles. The fourth-order valence-corrected chi connectivity index (χ4v) is 2.85. The number of aromatic nitrogens is 3. The summed E-state index contributed by atoms with van der Waals surface area (Å²) >= 11 is 1.49. The van der Waals surface area contributed by atoms with Crippen LogP contribution < -0.4 is 0 Å². The van der Waals surface area contributed by atoms with Crippen molar-refractivity contribution in [1.82, 2.24) is 14.6 Å². The third-order valence-corrected chi connectivity index (χ3v) is 3.68. The minimum Gasteiger partial charge on any atom is -0.258 e. The number of thiazole rings is 1. The molecule has 0 saturated carbocycles. The van der Waals surface area contributed by atoms with Crippen LogP contribution >= 0.6 is 11.3 Å². The minimum atomic E-state index is -0.356. The molecule has 1 aromatic carbocycles. The van der Waals surface area contributed by atoms with Crippen molar-refractivity contribution in [2.24, 2.45) is 0 Å². The lowest BCUT2D eigenvalue weighted by Crippen LogP contribution is -1.99. The highest BCUT2D eigenvalue weighted by Crippen LogP contribution is 2.23. The van der Waals surface area contributed by atoms with Gasteiger partial charge in [-0.1, -0.05) is 18.2 Å². The Morgan fingerprint density at radius 1 is 1.42 bits per heavy atom. The van der Waals surface area contributed by atoms with Crippen LogP contribution in [0.4, 0.5) is 5.69 Å². The topological polar surface area (TPSA) is 73.3 Å². The van der Waals surface area contributed by atoms with Gasteiger partial charge in [-0.15, -0.1) is 11.3 Å². The highest BCUT2D eigenvalue weighted by molar-refractivity contribution is 7.15. The smallest absolute Gasteiger partial charge is 0.258 e. The highest BCUT2D eigenvalue weighted by Gasteiger charge is 2.15. The minimum absolute atomic E-state index is 0.138. The molecule has 0 N–H and O–H groups in total. The second-order valence-electron chi connectivity index (χ2n) is 4.14. The number of hydrogen-bond donors (Lipinski definition) is 0. The maximum Gasteiger partial charge on any atom is 0.272 e. The van der Waals surface area contributed by atoms with Crippen molar-refractivity contribution in [2.75, 3.05) is 0 Å². The van der Waals surface area contributed by atoms with Gasteiger partial charge in [0, 0.05) is 23.4 Å². The zero-order chi connectivity index (χ0) is 13.4. The van der Waals surface area contributed by atoms with Crippen molar-refractivity contribution < 1.29 is 4.92 Å². The molecule has 3 aromatic rings. The lowest BCUT2D eigenvalue weighted by atomic mass is 10.1. The van der Waals surface area contributed by atoms with Crippen LogP contribution in [-0.4, -0.2) is 19.5 Å². The van der Waals surface area contributed by atoms with E-state index in [-0.39, 0.29) is 10.6 Å². The maximum atomic E-state index is 11.0. The van der Waals surface area contributed by atoms with Gasteiger partial charge in [0.15, 0.2) is 0 Å². The van der Waals surface area contributed by atoms with Crippen LogP contribution in [0.5, 0.6) is 0 Å². The number of hydrogen-bond acceptors (Lipinski definition) is 5. The first-order valence-electron chi connectivity index (χ1n) is 5.67. The quantitative estimate of drug-likeness (QED) is 0.543. The second-order valence-corrected chi connectivity index (χ2v) is 4.98. The van der Waals surface area contributed by atoms with Gasteiger partial charge >= 0.3 is 0 Å². The van der Waals surface area contributed by atoms with Crippen molar-refractivity contribution >= 4 is 22.0 Å².